The summed E-state index contributed by atoms with van der Waals surface area (Å²) in [6.07, 6.45) is 9.13. The summed E-state index contributed by atoms with van der Waals surface area (Å²) >= 11 is 2.38. The number of imide groups is 1. The predicted molar refractivity (Wildman–Crippen MR) is 161 cm³/mol. The highest BCUT2D eigenvalue weighted by molar-refractivity contribution is 14.2. The number of halogens is 1. The van der Waals surface area contributed by atoms with Crippen molar-refractivity contribution < 1.29 is 14.4 Å². The fourth-order valence-electron chi connectivity index (χ4n) is 4.66. The maximum Gasteiger partial charge on any atom is 0.253 e. The van der Waals surface area contributed by atoms with E-state index in [0.717, 1.165) is 97.0 Å². The third-order valence-corrected chi connectivity index (χ3v) is 9.73. The fraction of sp³-hybridized carbons (Fsp3) is 0.815. The van der Waals surface area contributed by atoms with Gasteiger partial charge in [0.2, 0.25) is 5.91 Å². The van der Waals surface area contributed by atoms with Crippen molar-refractivity contribution >= 4 is 48.0 Å². The lowest BCUT2D eigenvalue weighted by Gasteiger charge is -2.28. The number of nitrogens with zero attached hydrogens (tertiary/aromatic N) is 5. The van der Waals surface area contributed by atoms with Crippen molar-refractivity contribution in [2.45, 2.75) is 65.7 Å². The van der Waals surface area contributed by atoms with E-state index in [1.54, 1.807) is 9.12 Å². The first-order valence-electron chi connectivity index (χ1n) is 14.2. The number of rotatable bonds is 16. The Morgan fingerprint density at radius 1 is 0.919 bits per heavy atom. The van der Waals surface area contributed by atoms with Gasteiger partial charge < -0.3 is 9.80 Å². The quantitative estimate of drug-likeness (QED) is 0.108. The van der Waals surface area contributed by atoms with Crippen LogP contribution >= 0.6 is 30.3 Å². The van der Waals surface area contributed by atoms with E-state index in [0.29, 0.717) is 13.0 Å². The maximum absolute atomic E-state index is 13.2. The Morgan fingerprint density at radius 3 is 2.14 bits per heavy atom. The molecule has 1 unspecified atom stereocenters. The van der Waals surface area contributed by atoms with Crippen LogP contribution in [0, 0.1) is 5.92 Å². The highest BCUT2D eigenvalue weighted by Gasteiger charge is 2.23. The van der Waals surface area contributed by atoms with Gasteiger partial charge in [-0.25, -0.2) is 4.31 Å². The van der Waals surface area contributed by atoms with Crippen LogP contribution in [0.2, 0.25) is 0 Å². The zero-order valence-corrected chi connectivity index (χ0v) is 26.2. The molecule has 8 nitrogen and oxygen atoms in total. The molecule has 37 heavy (non-hydrogen) atoms. The van der Waals surface area contributed by atoms with E-state index in [-0.39, 0.29) is 17.7 Å². The van der Waals surface area contributed by atoms with E-state index < -0.39 is 0 Å². The topological polar surface area (TPSA) is 67.4 Å². The molecule has 2 aliphatic rings. The Kier molecular flexibility index (Phi) is 16.3. The molecule has 2 rings (SSSR count). The van der Waals surface area contributed by atoms with Gasteiger partial charge in [-0.2, -0.15) is 0 Å². The molecule has 0 bridgehead atoms. The first kappa shape index (κ1) is 32.5. The number of hydrogen-bond donors (Lipinski definition) is 0. The van der Waals surface area contributed by atoms with Gasteiger partial charge in [0.25, 0.3) is 11.8 Å². The SMILES string of the molecule is CCCN(CCN1CCN(CCC(C)CC)CCN(C(=O)CCCCCN2C(=O)C=CC2=O)CC1)SI. The van der Waals surface area contributed by atoms with E-state index in [2.05, 4.69) is 61.0 Å². The second-order valence-electron chi connectivity index (χ2n) is 10.3. The molecule has 3 amide bonds. The lowest BCUT2D eigenvalue weighted by Crippen LogP contribution is -2.41. The minimum atomic E-state index is -0.227. The van der Waals surface area contributed by atoms with Crippen LogP contribution < -0.4 is 0 Å². The summed E-state index contributed by atoms with van der Waals surface area (Å²) in [5.74, 6) is 0.506. The Labute approximate surface area is 241 Å². The van der Waals surface area contributed by atoms with Crippen molar-refractivity contribution in [2.24, 2.45) is 5.92 Å². The Balaban J connectivity index is 1.86. The largest absolute Gasteiger partial charge is 0.340 e. The summed E-state index contributed by atoms with van der Waals surface area (Å²) < 4.78 is 2.43. The fourth-order valence-corrected chi connectivity index (χ4v) is 6.25. The van der Waals surface area contributed by atoms with Crippen molar-refractivity contribution in [3.8, 4) is 0 Å². The van der Waals surface area contributed by atoms with Crippen molar-refractivity contribution in [2.75, 3.05) is 72.0 Å². The van der Waals surface area contributed by atoms with Gasteiger partial charge >= 0.3 is 0 Å². The summed E-state index contributed by atoms with van der Waals surface area (Å²) in [5.41, 5.74) is 0. The molecule has 0 aromatic rings. The van der Waals surface area contributed by atoms with Gasteiger partial charge in [-0.05, 0) is 47.3 Å². The van der Waals surface area contributed by atoms with E-state index in [1.807, 2.05) is 0 Å². The summed E-state index contributed by atoms with van der Waals surface area (Å²) in [5, 5.41) is 0. The molecule has 0 saturated carbocycles. The van der Waals surface area contributed by atoms with Crippen LogP contribution in [0.5, 0.6) is 0 Å². The van der Waals surface area contributed by atoms with Crippen LogP contribution in [0.3, 0.4) is 0 Å². The number of carbonyl (C=O) groups excluding carboxylic acids is 3. The van der Waals surface area contributed by atoms with Crippen LogP contribution in [0.15, 0.2) is 12.2 Å². The number of amides is 3. The van der Waals surface area contributed by atoms with Gasteiger partial charge in [-0.1, -0.05) is 33.6 Å². The predicted octanol–water partition coefficient (Wildman–Crippen LogP) is 4.06. The average molecular weight is 650 g/mol. The lowest BCUT2D eigenvalue weighted by molar-refractivity contribution is -0.137. The third kappa shape index (κ3) is 12.4. The normalized spacial score (nSPS) is 18.9. The molecule has 1 fully saturated rings. The zero-order valence-electron chi connectivity index (χ0n) is 23.2. The van der Waals surface area contributed by atoms with E-state index in [1.165, 1.54) is 29.9 Å². The molecule has 0 spiro atoms. The van der Waals surface area contributed by atoms with Crippen molar-refractivity contribution in [3.05, 3.63) is 12.2 Å². The molecule has 2 aliphatic heterocycles. The van der Waals surface area contributed by atoms with Crippen molar-refractivity contribution in [3.63, 3.8) is 0 Å². The van der Waals surface area contributed by atoms with Crippen LogP contribution in [-0.4, -0.2) is 114 Å². The molecule has 0 N–H and O–H groups in total. The molecule has 0 aliphatic carbocycles. The minimum absolute atomic E-state index is 0.227. The molecule has 212 valence electrons. The Hall–Kier alpha value is -0.690. The molecule has 10 heteroatoms. The summed E-state index contributed by atoms with van der Waals surface area (Å²) in [7, 11) is 1.80. The van der Waals surface area contributed by atoms with Gasteiger partial charge in [0.05, 0.1) is 0 Å². The minimum Gasteiger partial charge on any atom is -0.340 e. The van der Waals surface area contributed by atoms with Crippen molar-refractivity contribution in [1.29, 1.82) is 0 Å². The highest BCUT2D eigenvalue weighted by atomic mass is 127. The lowest BCUT2D eigenvalue weighted by atomic mass is 10.1. The molecular weight excluding hydrogens is 601 g/mol. The summed E-state index contributed by atoms with van der Waals surface area (Å²) in [4.78, 5) is 45.0. The van der Waals surface area contributed by atoms with Crippen molar-refractivity contribution in [1.82, 2.24) is 23.9 Å². The summed E-state index contributed by atoms with van der Waals surface area (Å²) in [6, 6.07) is 0. The molecule has 2 heterocycles. The van der Waals surface area contributed by atoms with Gasteiger partial charge in [-0.15, -0.1) is 0 Å². The molecule has 0 radical (unpaired) electrons. The van der Waals surface area contributed by atoms with Gasteiger partial charge in [0.15, 0.2) is 0 Å². The second-order valence-corrected chi connectivity index (χ2v) is 12.2. The molecule has 0 aromatic heterocycles. The summed E-state index contributed by atoms with van der Waals surface area (Å²) in [6.45, 7) is 17.1. The second kappa shape index (κ2) is 18.6. The molecular formula is C27H48IN5O3S. The van der Waals surface area contributed by atoms with Crippen LogP contribution in [0.25, 0.3) is 0 Å². The standard InChI is InChI=1S/C27H48IN5O3S/c1-4-13-32(37-28)23-20-30-17-16-29(15-12-24(3)5-2)18-21-31(22-19-30)25(34)9-7-6-8-14-33-26(35)10-11-27(33)36/h10-11,24H,4-9,12-23H2,1-3H3. The molecule has 0 aromatic carbocycles. The molecule has 1 atom stereocenters. The highest BCUT2D eigenvalue weighted by Crippen LogP contribution is 2.18. The van der Waals surface area contributed by atoms with Gasteiger partial charge in [0.1, 0.15) is 0 Å². The van der Waals surface area contributed by atoms with E-state index >= 15 is 0 Å². The van der Waals surface area contributed by atoms with Crippen LogP contribution in [0.4, 0.5) is 0 Å². The number of hydrogen-bond acceptors (Lipinski definition) is 7. The van der Waals surface area contributed by atoms with Gasteiger partial charge in [0, 0.05) is 105 Å². The number of unbranched alkanes of at least 4 members (excludes halogenated alkanes) is 2. The monoisotopic (exact) mass is 649 g/mol. The van der Waals surface area contributed by atoms with Crippen LogP contribution in [-0.2, 0) is 14.4 Å². The van der Waals surface area contributed by atoms with Crippen LogP contribution in [0.1, 0.15) is 65.7 Å². The Morgan fingerprint density at radius 2 is 1.54 bits per heavy atom. The first-order valence-corrected chi connectivity index (χ1v) is 17.5. The number of carbonyl (C=O) groups is 3. The average Bonchev–Trinajstić information content (AvgIpc) is 3.26. The maximum atomic E-state index is 13.2. The van der Waals surface area contributed by atoms with E-state index in [4.69, 9.17) is 0 Å². The smallest absolute Gasteiger partial charge is 0.253 e. The molecule has 1 saturated heterocycles. The zero-order chi connectivity index (χ0) is 27.0. The van der Waals surface area contributed by atoms with Gasteiger partial charge in [-0.3, -0.25) is 24.2 Å². The third-order valence-electron chi connectivity index (χ3n) is 7.50. The van der Waals surface area contributed by atoms with E-state index in [9.17, 15) is 14.4 Å². The first-order chi connectivity index (χ1) is 17.9. The Bertz CT molecular complexity index is 723.